The van der Waals surface area contributed by atoms with Gasteiger partial charge in [-0.25, -0.2) is 0 Å². The average molecular weight is 346 g/mol. The second-order valence-electron chi connectivity index (χ2n) is 4.99. The van der Waals surface area contributed by atoms with Crippen LogP contribution < -0.4 is 11.5 Å². The first-order valence-corrected chi connectivity index (χ1v) is 7.18. The van der Waals surface area contributed by atoms with Gasteiger partial charge in [0.05, 0.1) is 0 Å². The van der Waals surface area contributed by atoms with Crippen LogP contribution in [-0.2, 0) is 6.42 Å². The average Bonchev–Trinajstić information content (AvgIpc) is 2.49. The minimum absolute atomic E-state index is 0. The molecule has 0 atom stereocenters. The summed E-state index contributed by atoms with van der Waals surface area (Å²) in [5, 5.41) is 0. The Morgan fingerprint density at radius 3 is 2.27 bits per heavy atom. The van der Waals surface area contributed by atoms with Crippen molar-refractivity contribution in [3.8, 4) is 0 Å². The highest BCUT2D eigenvalue weighted by Crippen LogP contribution is 2.07. The molecule has 1 heterocycles. The van der Waals surface area contributed by atoms with Crippen LogP contribution in [0.1, 0.15) is 24.8 Å². The van der Waals surface area contributed by atoms with Crippen molar-refractivity contribution in [1.29, 1.82) is 0 Å². The molecule has 1 saturated heterocycles. The van der Waals surface area contributed by atoms with Gasteiger partial charge in [-0.2, -0.15) is 4.99 Å². The molecule has 0 aromatic heterocycles. The number of nitrogens with two attached hydrogens (primary N) is 2. The first kappa shape index (κ1) is 20.5. The van der Waals surface area contributed by atoms with Crippen LogP contribution in [-0.4, -0.2) is 36.5 Å². The molecule has 0 bridgehead atoms. The lowest BCUT2D eigenvalue weighted by atomic mass is 10.1. The van der Waals surface area contributed by atoms with Gasteiger partial charge in [0.2, 0.25) is 5.96 Å². The van der Waals surface area contributed by atoms with Gasteiger partial charge in [0.15, 0.2) is 5.96 Å². The lowest BCUT2D eigenvalue weighted by Crippen LogP contribution is -2.41. The van der Waals surface area contributed by atoms with E-state index in [9.17, 15) is 0 Å². The normalized spacial score (nSPS) is 15.7. The van der Waals surface area contributed by atoms with Crippen molar-refractivity contribution in [2.45, 2.75) is 25.7 Å². The number of hydrogen-bond donors (Lipinski definition) is 2. The van der Waals surface area contributed by atoms with Gasteiger partial charge < -0.3 is 16.4 Å². The van der Waals surface area contributed by atoms with Crippen molar-refractivity contribution in [2.75, 3.05) is 19.6 Å². The van der Waals surface area contributed by atoms with E-state index in [2.05, 4.69) is 27.0 Å². The Labute approximate surface area is 144 Å². The summed E-state index contributed by atoms with van der Waals surface area (Å²) in [5.74, 6) is 0.759. The maximum atomic E-state index is 5.95. The van der Waals surface area contributed by atoms with Crippen LogP contribution in [0.2, 0.25) is 0 Å². The highest BCUT2D eigenvalue weighted by molar-refractivity contribution is 5.93. The second kappa shape index (κ2) is 11.2. The molecular weight excluding hydrogens is 321 g/mol. The van der Waals surface area contributed by atoms with Gasteiger partial charge in [0, 0.05) is 19.6 Å². The number of rotatable bonds is 3. The predicted molar refractivity (Wildman–Crippen MR) is 98.2 cm³/mol. The van der Waals surface area contributed by atoms with Gasteiger partial charge in [-0.1, -0.05) is 30.3 Å². The summed E-state index contributed by atoms with van der Waals surface area (Å²) in [5.41, 5.74) is 13.0. The van der Waals surface area contributed by atoms with E-state index in [0.29, 0.717) is 12.5 Å². The monoisotopic (exact) mass is 345 g/mol. The Morgan fingerprint density at radius 2 is 1.64 bits per heavy atom. The van der Waals surface area contributed by atoms with E-state index < -0.39 is 0 Å². The first-order valence-electron chi connectivity index (χ1n) is 7.18. The third kappa shape index (κ3) is 7.00. The number of piperidine rings is 1. The van der Waals surface area contributed by atoms with Gasteiger partial charge in [-0.15, -0.1) is 24.8 Å². The van der Waals surface area contributed by atoms with Gasteiger partial charge in [0.25, 0.3) is 0 Å². The smallest absolute Gasteiger partial charge is 0.218 e. The lowest BCUT2D eigenvalue weighted by Gasteiger charge is -2.27. The lowest BCUT2D eigenvalue weighted by molar-refractivity contribution is 0.339. The summed E-state index contributed by atoms with van der Waals surface area (Å²) >= 11 is 0. The zero-order valence-corrected chi connectivity index (χ0v) is 14.3. The highest BCUT2D eigenvalue weighted by Gasteiger charge is 2.11. The van der Waals surface area contributed by atoms with Crippen LogP contribution in [0, 0.1) is 0 Å². The van der Waals surface area contributed by atoms with Crippen LogP contribution in [0.3, 0.4) is 0 Å². The summed E-state index contributed by atoms with van der Waals surface area (Å²) in [6, 6.07) is 10.2. The zero-order chi connectivity index (χ0) is 14.2. The van der Waals surface area contributed by atoms with Crippen LogP contribution in [0.15, 0.2) is 40.3 Å². The molecule has 1 aliphatic heterocycles. The van der Waals surface area contributed by atoms with Crippen LogP contribution in [0.25, 0.3) is 0 Å². The molecule has 1 aromatic carbocycles. The first-order chi connectivity index (χ1) is 9.75. The van der Waals surface area contributed by atoms with E-state index in [4.69, 9.17) is 11.5 Å². The Balaban J connectivity index is 0.00000220. The predicted octanol–water partition coefficient (Wildman–Crippen LogP) is 2.19. The number of likely N-dealkylation sites (tertiary alicyclic amines) is 1. The van der Waals surface area contributed by atoms with Crippen molar-refractivity contribution >= 4 is 36.7 Å². The molecule has 22 heavy (non-hydrogen) atoms. The molecule has 1 aromatic rings. The van der Waals surface area contributed by atoms with E-state index in [1.807, 2.05) is 18.2 Å². The molecule has 0 unspecified atom stereocenters. The van der Waals surface area contributed by atoms with Crippen LogP contribution in [0.5, 0.6) is 0 Å². The second-order valence-corrected chi connectivity index (χ2v) is 4.99. The molecule has 0 amide bonds. The number of benzene rings is 1. The molecule has 5 nitrogen and oxygen atoms in total. The van der Waals surface area contributed by atoms with E-state index in [-0.39, 0.29) is 30.8 Å². The fraction of sp³-hybridized carbons (Fsp3) is 0.467. The number of hydrogen-bond acceptors (Lipinski definition) is 1. The van der Waals surface area contributed by atoms with Gasteiger partial charge in [0.1, 0.15) is 0 Å². The molecule has 0 spiro atoms. The molecule has 0 radical (unpaired) electrons. The molecular formula is C15H25Cl2N5. The fourth-order valence-electron chi connectivity index (χ4n) is 2.29. The maximum absolute atomic E-state index is 5.95. The number of nitrogens with zero attached hydrogens (tertiary/aromatic N) is 3. The number of guanidine groups is 2. The molecule has 4 N–H and O–H groups in total. The Bertz CT molecular complexity index is 470. The fourth-order valence-corrected chi connectivity index (χ4v) is 2.29. The molecule has 1 aliphatic rings. The molecule has 2 rings (SSSR count). The van der Waals surface area contributed by atoms with Crippen molar-refractivity contribution in [3.63, 3.8) is 0 Å². The molecule has 0 saturated carbocycles. The largest absolute Gasteiger partial charge is 0.369 e. The van der Waals surface area contributed by atoms with E-state index in [1.54, 1.807) is 0 Å². The Kier molecular flexibility index (Phi) is 10.4. The third-order valence-corrected chi connectivity index (χ3v) is 3.43. The van der Waals surface area contributed by atoms with Crippen molar-refractivity contribution in [2.24, 2.45) is 21.5 Å². The minimum atomic E-state index is 0. The maximum Gasteiger partial charge on any atom is 0.218 e. The standard InChI is InChI=1S/C15H23N5.2ClH/c16-14(18-10-9-13-7-3-1-4-8-13)19-15(17)20-11-5-2-6-12-20;;/h1,3-4,7-8H,2,5-6,9-12H2,(H4,16,17,18,19);2*1H. The zero-order valence-electron chi connectivity index (χ0n) is 12.6. The summed E-state index contributed by atoms with van der Waals surface area (Å²) in [6.45, 7) is 2.56. The van der Waals surface area contributed by atoms with Gasteiger partial charge in [-0.05, 0) is 31.2 Å². The number of halogens is 2. The Morgan fingerprint density at radius 1 is 1.00 bits per heavy atom. The van der Waals surface area contributed by atoms with E-state index >= 15 is 0 Å². The highest BCUT2D eigenvalue weighted by atomic mass is 35.5. The van der Waals surface area contributed by atoms with Crippen LogP contribution in [0.4, 0.5) is 0 Å². The van der Waals surface area contributed by atoms with Crippen molar-refractivity contribution in [1.82, 2.24) is 4.90 Å². The molecule has 1 fully saturated rings. The van der Waals surface area contributed by atoms with Crippen LogP contribution >= 0.6 is 24.8 Å². The third-order valence-electron chi connectivity index (χ3n) is 3.43. The van der Waals surface area contributed by atoms with E-state index in [1.165, 1.54) is 24.8 Å². The summed E-state index contributed by atoms with van der Waals surface area (Å²) in [7, 11) is 0. The van der Waals surface area contributed by atoms with E-state index in [0.717, 1.165) is 19.5 Å². The SMILES string of the molecule is Cl.Cl.NC(=NCCc1ccccc1)/N=C(/N)N1CCCCC1. The quantitative estimate of drug-likeness (QED) is 0.650. The van der Waals surface area contributed by atoms with Crippen molar-refractivity contribution < 1.29 is 0 Å². The molecule has 7 heteroatoms. The summed E-state index contributed by atoms with van der Waals surface area (Å²) in [4.78, 5) is 10.5. The van der Waals surface area contributed by atoms with Gasteiger partial charge in [-0.3, -0.25) is 4.99 Å². The summed E-state index contributed by atoms with van der Waals surface area (Å²) in [6.07, 6.45) is 4.47. The van der Waals surface area contributed by atoms with Crippen molar-refractivity contribution in [3.05, 3.63) is 35.9 Å². The number of aliphatic imine (C=N–C) groups is 2. The van der Waals surface area contributed by atoms with Gasteiger partial charge >= 0.3 is 0 Å². The Hall–Kier alpha value is -1.46. The topological polar surface area (TPSA) is 80.0 Å². The summed E-state index contributed by atoms with van der Waals surface area (Å²) < 4.78 is 0. The molecule has 124 valence electrons. The molecule has 0 aliphatic carbocycles. The minimum Gasteiger partial charge on any atom is -0.369 e.